The van der Waals surface area contributed by atoms with Gasteiger partial charge in [0.05, 0.1) is 46.5 Å². The summed E-state index contributed by atoms with van der Waals surface area (Å²) in [6.07, 6.45) is 1.38. The van der Waals surface area contributed by atoms with E-state index in [1.165, 1.54) is 6.07 Å². The Bertz CT molecular complexity index is 2660. The number of nitrogens with one attached hydrogen (secondary N) is 2. The van der Waals surface area contributed by atoms with E-state index in [4.69, 9.17) is 35.5 Å². The van der Waals surface area contributed by atoms with E-state index in [9.17, 15) is 13.6 Å². The van der Waals surface area contributed by atoms with Crippen molar-refractivity contribution in [2.24, 2.45) is 0 Å². The van der Waals surface area contributed by atoms with Gasteiger partial charge in [-0.3, -0.25) is 14.8 Å². The molecule has 2 N–H and O–H groups in total. The second-order valence-corrected chi connectivity index (χ2v) is 14.8. The van der Waals surface area contributed by atoms with Crippen molar-refractivity contribution >= 4 is 61.7 Å². The van der Waals surface area contributed by atoms with Crippen molar-refractivity contribution in [2.45, 2.75) is 58.9 Å². The molecular weight excluding hydrogens is 740 g/mol. The SMILES string of the molecule is Cc1cc2c(Cl)ccc(COc3cccc(C4=CCN(Cc5nc6cc(C(=O)Nc7cc(C)c8n[nH]c(C(F)F)c8c7)ccc6n5C[C@@H]5CCO5)CC4)n3)c2o1. The second-order valence-electron chi connectivity index (χ2n) is 14.4. The highest BCUT2D eigenvalue weighted by Crippen LogP contribution is 2.33. The predicted molar refractivity (Wildman–Crippen MR) is 210 cm³/mol. The van der Waals surface area contributed by atoms with E-state index in [-0.39, 0.29) is 23.1 Å². The third kappa shape index (κ3) is 7.02. The largest absolute Gasteiger partial charge is 0.473 e. The minimum Gasteiger partial charge on any atom is -0.473 e. The van der Waals surface area contributed by atoms with Gasteiger partial charge >= 0.3 is 0 Å². The van der Waals surface area contributed by atoms with Crippen molar-refractivity contribution < 1.29 is 27.5 Å². The summed E-state index contributed by atoms with van der Waals surface area (Å²) in [6, 6.07) is 20.2. The maximum atomic E-state index is 13.6. The first-order valence-electron chi connectivity index (χ1n) is 18.5. The fourth-order valence-corrected chi connectivity index (χ4v) is 7.73. The molecule has 1 amide bonds. The Morgan fingerprint density at radius 2 is 1.96 bits per heavy atom. The van der Waals surface area contributed by atoms with Crippen LogP contribution in [0.2, 0.25) is 5.02 Å². The van der Waals surface area contributed by atoms with E-state index in [1.54, 1.807) is 25.1 Å². The molecular formula is C42H38ClF2N7O4. The summed E-state index contributed by atoms with van der Waals surface area (Å²) in [4.78, 5) is 25.7. The Labute approximate surface area is 325 Å². The first-order chi connectivity index (χ1) is 27.2. The summed E-state index contributed by atoms with van der Waals surface area (Å²) in [5, 5.41) is 11.1. The van der Waals surface area contributed by atoms with E-state index in [0.29, 0.717) is 65.0 Å². The summed E-state index contributed by atoms with van der Waals surface area (Å²) in [7, 11) is 0. The number of carbonyl (C=O) groups is 1. The number of anilines is 1. The summed E-state index contributed by atoms with van der Waals surface area (Å²) in [6.45, 7) is 7.52. The molecule has 7 aromatic rings. The van der Waals surface area contributed by atoms with Crippen molar-refractivity contribution in [1.82, 2.24) is 29.6 Å². The minimum absolute atomic E-state index is 0.107. The van der Waals surface area contributed by atoms with Crippen LogP contribution in [0.5, 0.6) is 5.88 Å². The van der Waals surface area contributed by atoms with Crippen LogP contribution in [-0.4, -0.2) is 61.3 Å². The van der Waals surface area contributed by atoms with E-state index in [1.807, 2.05) is 49.4 Å². The van der Waals surface area contributed by atoms with Gasteiger partial charge in [0.2, 0.25) is 5.88 Å². The number of rotatable bonds is 11. The number of nitrogens with zero attached hydrogens (tertiary/aromatic N) is 5. The number of furan rings is 1. The van der Waals surface area contributed by atoms with Crippen molar-refractivity contribution in [3.05, 3.63) is 117 Å². The third-order valence-electron chi connectivity index (χ3n) is 10.5. The quantitative estimate of drug-likeness (QED) is 0.133. The topological polar surface area (TPSA) is 123 Å². The number of hydrogen-bond donors (Lipinski definition) is 2. The van der Waals surface area contributed by atoms with Gasteiger partial charge in [-0.25, -0.2) is 18.7 Å². The van der Waals surface area contributed by atoms with Gasteiger partial charge in [-0.15, -0.1) is 0 Å². The molecule has 2 aliphatic rings. The molecule has 1 atom stereocenters. The van der Waals surface area contributed by atoms with Crippen molar-refractivity contribution in [3.63, 3.8) is 0 Å². The van der Waals surface area contributed by atoms with Gasteiger partial charge in [0.25, 0.3) is 12.3 Å². The molecule has 6 heterocycles. The molecule has 0 saturated carbocycles. The third-order valence-corrected chi connectivity index (χ3v) is 10.9. The number of aromatic nitrogens is 5. The van der Waals surface area contributed by atoms with Crippen molar-refractivity contribution in [1.29, 1.82) is 0 Å². The number of H-pyrrole nitrogens is 1. The summed E-state index contributed by atoms with van der Waals surface area (Å²) in [5.41, 5.74) is 6.95. The van der Waals surface area contributed by atoms with Crippen LogP contribution in [0, 0.1) is 13.8 Å². The molecule has 1 saturated heterocycles. The number of hydrogen-bond acceptors (Lipinski definition) is 8. The van der Waals surface area contributed by atoms with E-state index < -0.39 is 6.43 Å². The standard InChI is InChI=1S/C42H38ClF2N7O4/c1-23-16-28(19-31-38(23)49-50-39(31)41(44)45)46-42(53)26-7-9-35-34(18-26)47-36(52(35)20-29-12-15-54-29)21-51-13-10-25(11-14-51)33-4-3-5-37(48-33)55-22-27-6-8-32(43)30-17-24(2)56-40(27)30/h3-10,16-19,29,41H,11-15,20-22H2,1-2H3,(H,46,53)(H,49,50)/t29-/m0/s1. The second kappa shape index (κ2) is 14.8. The van der Waals surface area contributed by atoms with Gasteiger partial charge in [0.15, 0.2) is 0 Å². The lowest BCUT2D eigenvalue weighted by Gasteiger charge is -2.29. The number of benzene rings is 3. The van der Waals surface area contributed by atoms with Crippen LogP contribution < -0.4 is 10.1 Å². The Morgan fingerprint density at radius 3 is 2.75 bits per heavy atom. The zero-order valence-electron chi connectivity index (χ0n) is 30.7. The van der Waals surface area contributed by atoms with Gasteiger partial charge < -0.3 is 23.8 Å². The summed E-state index contributed by atoms with van der Waals surface area (Å²) < 4.78 is 47.2. The molecule has 0 radical (unpaired) electrons. The number of pyridine rings is 1. The number of ether oxygens (including phenoxy) is 2. The monoisotopic (exact) mass is 777 g/mol. The molecule has 1 fully saturated rings. The molecule has 0 aliphatic carbocycles. The summed E-state index contributed by atoms with van der Waals surface area (Å²) >= 11 is 6.38. The minimum atomic E-state index is -2.72. The molecule has 0 spiro atoms. The van der Waals surface area contributed by atoms with Gasteiger partial charge in [0.1, 0.15) is 29.5 Å². The van der Waals surface area contributed by atoms with Crippen LogP contribution >= 0.6 is 11.6 Å². The normalized spacial score (nSPS) is 16.2. The first-order valence-corrected chi connectivity index (χ1v) is 18.9. The highest BCUT2D eigenvalue weighted by atomic mass is 35.5. The molecule has 14 heteroatoms. The van der Waals surface area contributed by atoms with Gasteiger partial charge in [-0.05, 0) is 86.4 Å². The number of alkyl halides is 2. The maximum Gasteiger partial charge on any atom is 0.280 e. The molecule has 56 heavy (non-hydrogen) atoms. The number of amides is 1. The van der Waals surface area contributed by atoms with Crippen molar-refractivity contribution in [3.8, 4) is 5.88 Å². The number of carbonyl (C=O) groups excluding carboxylic acids is 1. The van der Waals surface area contributed by atoms with E-state index in [2.05, 4.69) is 31.1 Å². The summed E-state index contributed by atoms with van der Waals surface area (Å²) in [5.74, 6) is 1.85. The Balaban J connectivity index is 0.899. The fraction of sp³-hybridized carbons (Fsp3) is 0.286. The van der Waals surface area contributed by atoms with Gasteiger partial charge in [-0.1, -0.05) is 29.8 Å². The number of halogens is 3. The highest BCUT2D eigenvalue weighted by molar-refractivity contribution is 6.35. The predicted octanol–water partition coefficient (Wildman–Crippen LogP) is 9.17. The molecule has 11 nitrogen and oxygen atoms in total. The van der Waals surface area contributed by atoms with Crippen LogP contribution in [0.4, 0.5) is 14.5 Å². The molecule has 0 unspecified atom stereocenters. The molecule has 3 aromatic carbocycles. The van der Waals surface area contributed by atoms with E-state index >= 15 is 0 Å². The van der Waals surface area contributed by atoms with Crippen LogP contribution in [0.1, 0.15) is 63.7 Å². The zero-order chi connectivity index (χ0) is 38.5. The van der Waals surface area contributed by atoms with Gasteiger partial charge in [-0.2, -0.15) is 5.10 Å². The number of aromatic amines is 1. The maximum absolute atomic E-state index is 13.6. The molecule has 9 rings (SSSR count). The van der Waals surface area contributed by atoms with Crippen LogP contribution in [-0.2, 0) is 24.4 Å². The highest BCUT2D eigenvalue weighted by Gasteiger charge is 2.25. The van der Waals surface area contributed by atoms with Crippen LogP contribution in [0.15, 0.2) is 77.2 Å². The molecule has 0 bridgehead atoms. The van der Waals surface area contributed by atoms with Crippen LogP contribution in [0.25, 0.3) is 38.5 Å². The average Bonchev–Trinajstić information content (AvgIpc) is 3.88. The Kier molecular flexibility index (Phi) is 9.52. The Morgan fingerprint density at radius 1 is 1.09 bits per heavy atom. The Hall–Kier alpha value is -5.63. The van der Waals surface area contributed by atoms with E-state index in [0.717, 1.165) is 70.9 Å². The smallest absolute Gasteiger partial charge is 0.280 e. The van der Waals surface area contributed by atoms with Crippen molar-refractivity contribution in [2.75, 3.05) is 25.0 Å². The number of fused-ring (bicyclic) bond motifs is 3. The fourth-order valence-electron chi connectivity index (χ4n) is 7.53. The molecule has 286 valence electrons. The lowest BCUT2D eigenvalue weighted by molar-refractivity contribution is -0.0591. The number of imidazole rings is 1. The molecule has 2 aliphatic heterocycles. The molecule has 4 aromatic heterocycles. The number of aryl methyl sites for hydroxylation is 2. The average molecular weight is 778 g/mol. The first kappa shape index (κ1) is 36.0. The van der Waals surface area contributed by atoms with Gasteiger partial charge in [0, 0.05) is 53.3 Å². The lowest BCUT2D eigenvalue weighted by Crippen LogP contribution is -2.33. The van der Waals surface area contributed by atoms with Crippen LogP contribution in [0.3, 0.4) is 0 Å². The zero-order valence-corrected chi connectivity index (χ0v) is 31.5. The lowest BCUT2D eigenvalue weighted by atomic mass is 10.0.